The molecule has 0 fully saturated rings. The van der Waals surface area contributed by atoms with Crippen molar-refractivity contribution in [3.05, 3.63) is 29.8 Å². The van der Waals surface area contributed by atoms with Crippen molar-refractivity contribution in [1.82, 2.24) is 16.0 Å². The Morgan fingerprint density at radius 2 is 1.23 bits per heavy atom. The molecular weight excluding hydrogens is 554 g/mol. The number of nitrogens with one attached hydrogen (secondary N) is 3. The lowest BCUT2D eigenvalue weighted by atomic mass is 10.0. The van der Waals surface area contributed by atoms with Gasteiger partial charge in [0, 0.05) is 6.42 Å². The number of hydrogen-bond acceptors (Lipinski definition) is 9. The predicted molar refractivity (Wildman–Crippen MR) is 165 cm³/mol. The van der Waals surface area contributed by atoms with Crippen LogP contribution in [-0.4, -0.2) is 73.4 Å². The van der Waals surface area contributed by atoms with Crippen molar-refractivity contribution in [1.29, 1.82) is 0 Å². The lowest BCUT2D eigenvalue weighted by molar-refractivity contribution is -0.145. The number of methoxy groups -OCH3 is 1. The van der Waals surface area contributed by atoms with Gasteiger partial charge in [-0.2, -0.15) is 0 Å². The number of benzene rings is 1. The molecule has 0 aromatic heterocycles. The topological polar surface area (TPSA) is 184 Å². The van der Waals surface area contributed by atoms with Gasteiger partial charge in [-0.3, -0.25) is 9.59 Å². The molecule has 1 aromatic carbocycles. The maximum Gasteiger partial charge on any atom is 0.408 e. The minimum Gasteiger partial charge on any atom is -0.488 e. The molecular formula is C31H53N5O7. The highest BCUT2D eigenvalue weighted by Gasteiger charge is 2.31. The molecule has 0 spiro atoms. The van der Waals surface area contributed by atoms with E-state index >= 15 is 0 Å². The Labute approximate surface area is 256 Å². The fraction of sp³-hybridized carbons (Fsp3) is 0.677. The zero-order chi connectivity index (χ0) is 32.6. The first-order valence-electron chi connectivity index (χ1n) is 14.9. The third-order valence-corrected chi connectivity index (χ3v) is 6.12. The highest BCUT2D eigenvalue weighted by Crippen LogP contribution is 2.19. The second-order valence-corrected chi connectivity index (χ2v) is 12.5. The van der Waals surface area contributed by atoms with Crippen LogP contribution in [0.15, 0.2) is 24.3 Å². The second-order valence-electron chi connectivity index (χ2n) is 12.5. The number of carbonyl (C=O) groups is 4. The highest BCUT2D eigenvalue weighted by atomic mass is 16.6. The van der Waals surface area contributed by atoms with Gasteiger partial charge in [-0.1, -0.05) is 12.1 Å². The molecule has 43 heavy (non-hydrogen) atoms. The lowest BCUT2D eigenvalue weighted by Gasteiger charge is -2.26. The Bertz CT molecular complexity index is 1020. The van der Waals surface area contributed by atoms with Crippen LogP contribution in [0.1, 0.15) is 85.6 Å². The fourth-order valence-electron chi connectivity index (χ4n) is 4.13. The van der Waals surface area contributed by atoms with Gasteiger partial charge in [0.15, 0.2) is 0 Å². The quantitative estimate of drug-likeness (QED) is 0.131. The van der Waals surface area contributed by atoms with E-state index in [1.165, 1.54) is 7.11 Å². The van der Waals surface area contributed by atoms with Gasteiger partial charge >= 0.3 is 12.1 Å². The van der Waals surface area contributed by atoms with Gasteiger partial charge in [-0.15, -0.1) is 0 Å². The molecule has 0 aliphatic carbocycles. The Morgan fingerprint density at radius 1 is 0.721 bits per heavy atom. The molecule has 3 amide bonds. The van der Waals surface area contributed by atoms with Gasteiger partial charge < -0.3 is 41.6 Å². The van der Waals surface area contributed by atoms with Crippen LogP contribution in [0.4, 0.5) is 4.79 Å². The molecule has 0 aliphatic heterocycles. The third kappa shape index (κ3) is 16.2. The second kappa shape index (κ2) is 18.3. The molecule has 0 radical (unpaired) electrons. The molecule has 7 N–H and O–H groups in total. The summed E-state index contributed by atoms with van der Waals surface area (Å²) in [6.07, 6.45) is 2.49. The summed E-state index contributed by atoms with van der Waals surface area (Å²) in [5.41, 5.74) is 10.8. The maximum atomic E-state index is 13.6. The van der Waals surface area contributed by atoms with Gasteiger partial charge in [0.2, 0.25) is 11.8 Å². The van der Waals surface area contributed by atoms with Crippen molar-refractivity contribution in [3.63, 3.8) is 0 Å². The van der Waals surface area contributed by atoms with Crippen molar-refractivity contribution in [2.24, 2.45) is 11.5 Å². The normalized spacial score (nSPS) is 13.7. The average Bonchev–Trinajstić information content (AvgIpc) is 2.90. The van der Waals surface area contributed by atoms with E-state index in [2.05, 4.69) is 16.0 Å². The summed E-state index contributed by atoms with van der Waals surface area (Å²) in [5.74, 6) is -1.06. The first-order chi connectivity index (χ1) is 20.1. The summed E-state index contributed by atoms with van der Waals surface area (Å²) >= 11 is 0. The SMILES string of the molecule is COC(=O)C(CCCCN)NC(=O)[C@H](Cc1ccc(OC(C)(C)C)cc1)NC(=O)[C@H](CCCCN)NC(=O)OC(C)(C)C. The molecule has 1 aromatic rings. The van der Waals surface area contributed by atoms with Crippen LogP contribution in [0.25, 0.3) is 0 Å². The number of ether oxygens (including phenoxy) is 3. The third-order valence-electron chi connectivity index (χ3n) is 6.12. The number of unbranched alkanes of at least 4 members (excludes halogenated alkanes) is 2. The van der Waals surface area contributed by atoms with E-state index in [0.29, 0.717) is 57.4 Å². The van der Waals surface area contributed by atoms with Gasteiger partial charge in [0.05, 0.1) is 7.11 Å². The number of esters is 1. The van der Waals surface area contributed by atoms with Gasteiger partial charge in [0.25, 0.3) is 0 Å². The number of nitrogens with two attached hydrogens (primary N) is 2. The van der Waals surface area contributed by atoms with E-state index in [1.54, 1.807) is 32.9 Å². The van der Waals surface area contributed by atoms with Crippen molar-refractivity contribution >= 4 is 23.9 Å². The first-order valence-corrected chi connectivity index (χ1v) is 14.9. The minimum atomic E-state index is -1.07. The summed E-state index contributed by atoms with van der Waals surface area (Å²) in [4.78, 5) is 52.1. The first kappa shape index (κ1) is 37.6. The van der Waals surface area contributed by atoms with E-state index in [9.17, 15) is 19.2 Å². The van der Waals surface area contributed by atoms with Crippen LogP contribution < -0.4 is 32.2 Å². The van der Waals surface area contributed by atoms with E-state index in [-0.39, 0.29) is 12.0 Å². The summed E-state index contributed by atoms with van der Waals surface area (Å²) in [6, 6.07) is 4.25. The fourth-order valence-corrected chi connectivity index (χ4v) is 4.13. The standard InChI is InChI=1S/C31H53N5O7/c1-30(2,3)42-22-16-14-21(15-17-22)20-25(27(38)34-24(28(39)41-7)13-9-11-19-33)35-26(37)23(12-8-10-18-32)36-29(40)43-31(4,5)6/h14-17,23-25H,8-13,18-20,32-33H2,1-7H3,(H,34,38)(H,35,37)(H,36,40)/t23-,24?,25-/m0/s1. The zero-order valence-corrected chi connectivity index (χ0v) is 26.9. The highest BCUT2D eigenvalue weighted by molar-refractivity contribution is 5.93. The van der Waals surface area contributed by atoms with Crippen LogP contribution in [0.2, 0.25) is 0 Å². The zero-order valence-electron chi connectivity index (χ0n) is 26.9. The Hall–Kier alpha value is -3.38. The Morgan fingerprint density at radius 3 is 1.72 bits per heavy atom. The lowest BCUT2D eigenvalue weighted by Crippen LogP contribution is -2.56. The van der Waals surface area contributed by atoms with Crippen LogP contribution in [0, 0.1) is 0 Å². The molecule has 3 atom stereocenters. The Balaban J connectivity index is 3.25. The summed E-state index contributed by atoms with van der Waals surface area (Å²) in [6.45, 7) is 11.9. The largest absolute Gasteiger partial charge is 0.488 e. The predicted octanol–water partition coefficient (Wildman–Crippen LogP) is 2.70. The van der Waals surface area contributed by atoms with Gasteiger partial charge in [0.1, 0.15) is 35.1 Å². The summed E-state index contributed by atoms with van der Waals surface area (Å²) in [5, 5.41) is 8.15. The van der Waals surface area contributed by atoms with Crippen LogP contribution in [-0.2, 0) is 30.3 Å². The molecule has 1 unspecified atom stereocenters. The molecule has 12 heteroatoms. The van der Waals surface area contributed by atoms with Crippen LogP contribution in [0.3, 0.4) is 0 Å². The molecule has 0 aliphatic rings. The van der Waals surface area contributed by atoms with Crippen molar-refractivity contribution in [3.8, 4) is 5.75 Å². The van der Waals surface area contributed by atoms with E-state index in [1.807, 2.05) is 32.9 Å². The molecule has 12 nitrogen and oxygen atoms in total. The van der Waals surface area contributed by atoms with E-state index in [0.717, 1.165) is 5.56 Å². The van der Waals surface area contributed by atoms with Crippen molar-refractivity contribution < 1.29 is 33.4 Å². The van der Waals surface area contributed by atoms with E-state index in [4.69, 9.17) is 25.7 Å². The van der Waals surface area contributed by atoms with Gasteiger partial charge in [-0.25, -0.2) is 9.59 Å². The molecule has 0 heterocycles. The Kier molecular flexibility index (Phi) is 16.0. The molecule has 0 saturated heterocycles. The monoisotopic (exact) mass is 607 g/mol. The van der Waals surface area contributed by atoms with E-state index < -0.39 is 47.6 Å². The smallest absolute Gasteiger partial charge is 0.408 e. The van der Waals surface area contributed by atoms with Crippen LogP contribution in [0.5, 0.6) is 5.75 Å². The maximum absolute atomic E-state index is 13.6. The number of carbonyl (C=O) groups excluding carboxylic acids is 4. The number of rotatable bonds is 17. The molecule has 0 bridgehead atoms. The molecule has 1 rings (SSSR count). The average molecular weight is 608 g/mol. The molecule has 0 saturated carbocycles. The number of hydrogen-bond donors (Lipinski definition) is 5. The van der Waals surface area contributed by atoms with Crippen LogP contribution >= 0.6 is 0 Å². The number of amides is 3. The minimum absolute atomic E-state index is 0.117. The molecule has 244 valence electrons. The summed E-state index contributed by atoms with van der Waals surface area (Å²) < 4.78 is 16.1. The number of alkyl carbamates (subject to hydrolysis) is 1. The van der Waals surface area contributed by atoms with Gasteiger partial charge in [-0.05, 0) is 111 Å². The summed E-state index contributed by atoms with van der Waals surface area (Å²) in [7, 11) is 1.25. The van der Waals surface area contributed by atoms with Crippen molar-refractivity contribution in [2.75, 3.05) is 20.2 Å². The van der Waals surface area contributed by atoms with Crippen molar-refractivity contribution in [2.45, 2.75) is 116 Å².